The van der Waals surface area contributed by atoms with Gasteiger partial charge in [0.15, 0.2) is 0 Å². The largest absolute Gasteiger partial charge is 0.489 e. The summed E-state index contributed by atoms with van der Waals surface area (Å²) in [5, 5.41) is 3.54. The molecule has 1 amide bonds. The Kier molecular flexibility index (Phi) is 6.44. The molecule has 23 heavy (non-hydrogen) atoms. The van der Waals surface area contributed by atoms with E-state index in [1.54, 1.807) is 31.4 Å². The number of nitrogens with one attached hydrogen (secondary N) is 1. The molecule has 0 aliphatic heterocycles. The molecular formula is C18H20ClNO3. The standard InChI is InChI=1S/C18H20ClNO3/c1-13(11-22-2)20-18(21)14-7-9-16(10-8-14)23-12-15-5-3-4-6-17(15)19/h3-10,13H,11-12H2,1-2H3,(H,20,21)/t13-/m1/s1. The Balaban J connectivity index is 1.92. The van der Waals surface area contributed by atoms with Crippen molar-refractivity contribution in [2.75, 3.05) is 13.7 Å². The number of halogens is 1. The van der Waals surface area contributed by atoms with E-state index in [9.17, 15) is 4.79 Å². The molecule has 1 atom stereocenters. The summed E-state index contributed by atoms with van der Waals surface area (Å²) in [7, 11) is 1.60. The molecule has 0 aromatic heterocycles. The minimum absolute atomic E-state index is 0.0383. The van der Waals surface area contributed by atoms with E-state index in [2.05, 4.69) is 5.32 Å². The first-order valence-corrected chi connectivity index (χ1v) is 7.74. The Morgan fingerprint density at radius 1 is 1.17 bits per heavy atom. The highest BCUT2D eigenvalue weighted by atomic mass is 35.5. The molecule has 0 fully saturated rings. The lowest BCUT2D eigenvalue weighted by Gasteiger charge is -2.13. The van der Waals surface area contributed by atoms with Gasteiger partial charge in [-0.15, -0.1) is 0 Å². The molecule has 122 valence electrons. The molecular weight excluding hydrogens is 314 g/mol. The Labute approximate surface area is 141 Å². The van der Waals surface area contributed by atoms with Gasteiger partial charge in [-0.3, -0.25) is 4.79 Å². The van der Waals surface area contributed by atoms with Crippen molar-refractivity contribution in [3.05, 3.63) is 64.7 Å². The van der Waals surface area contributed by atoms with Crippen LogP contribution in [0, 0.1) is 0 Å². The maximum atomic E-state index is 12.0. The minimum Gasteiger partial charge on any atom is -0.489 e. The van der Waals surface area contributed by atoms with Crippen LogP contribution >= 0.6 is 11.6 Å². The van der Waals surface area contributed by atoms with Crippen molar-refractivity contribution in [1.82, 2.24) is 5.32 Å². The number of carbonyl (C=O) groups excluding carboxylic acids is 1. The Hall–Kier alpha value is -2.04. The molecule has 0 bridgehead atoms. The number of amides is 1. The Morgan fingerprint density at radius 3 is 2.52 bits per heavy atom. The molecule has 0 saturated heterocycles. The average Bonchev–Trinajstić information content (AvgIpc) is 2.55. The van der Waals surface area contributed by atoms with Gasteiger partial charge in [-0.1, -0.05) is 29.8 Å². The molecule has 4 nitrogen and oxygen atoms in total. The highest BCUT2D eigenvalue weighted by Gasteiger charge is 2.09. The third kappa shape index (κ3) is 5.27. The summed E-state index contributed by atoms with van der Waals surface area (Å²) in [5.74, 6) is 0.554. The first-order chi connectivity index (χ1) is 11.1. The van der Waals surface area contributed by atoms with Gasteiger partial charge in [0.1, 0.15) is 12.4 Å². The summed E-state index contributed by atoms with van der Waals surface area (Å²) in [6.07, 6.45) is 0. The van der Waals surface area contributed by atoms with Crippen LogP contribution in [-0.2, 0) is 11.3 Å². The second-order valence-electron chi connectivity index (χ2n) is 5.23. The molecule has 2 aromatic rings. The Morgan fingerprint density at radius 2 is 1.87 bits per heavy atom. The van der Waals surface area contributed by atoms with E-state index in [0.29, 0.717) is 29.5 Å². The molecule has 2 rings (SSSR count). The zero-order valence-corrected chi connectivity index (χ0v) is 14.0. The molecule has 2 aromatic carbocycles. The molecule has 5 heteroatoms. The normalized spacial score (nSPS) is 11.8. The van der Waals surface area contributed by atoms with E-state index in [1.807, 2.05) is 31.2 Å². The van der Waals surface area contributed by atoms with E-state index in [1.165, 1.54) is 0 Å². The van der Waals surface area contributed by atoms with Gasteiger partial charge in [-0.2, -0.15) is 0 Å². The van der Waals surface area contributed by atoms with Gasteiger partial charge in [0, 0.05) is 29.3 Å². The molecule has 0 heterocycles. The fourth-order valence-corrected chi connectivity index (χ4v) is 2.27. The predicted octanol–water partition coefficient (Wildman–Crippen LogP) is 3.68. The molecule has 0 aliphatic carbocycles. The zero-order valence-electron chi connectivity index (χ0n) is 13.2. The minimum atomic E-state index is -0.132. The fraction of sp³-hybridized carbons (Fsp3) is 0.278. The van der Waals surface area contributed by atoms with Crippen molar-refractivity contribution < 1.29 is 14.3 Å². The molecule has 0 aliphatic rings. The summed E-state index contributed by atoms with van der Waals surface area (Å²) in [6, 6.07) is 14.5. The SMILES string of the molecule is COC[C@@H](C)NC(=O)c1ccc(OCc2ccccc2Cl)cc1. The van der Waals surface area contributed by atoms with Crippen molar-refractivity contribution in [3.8, 4) is 5.75 Å². The summed E-state index contributed by atoms with van der Waals surface area (Å²) in [4.78, 5) is 12.0. The first-order valence-electron chi connectivity index (χ1n) is 7.36. The third-order valence-electron chi connectivity index (χ3n) is 3.26. The van der Waals surface area contributed by atoms with Crippen molar-refractivity contribution in [3.63, 3.8) is 0 Å². The van der Waals surface area contributed by atoms with Gasteiger partial charge >= 0.3 is 0 Å². The van der Waals surface area contributed by atoms with Crippen molar-refractivity contribution >= 4 is 17.5 Å². The van der Waals surface area contributed by atoms with Crippen molar-refractivity contribution in [2.45, 2.75) is 19.6 Å². The van der Waals surface area contributed by atoms with Gasteiger partial charge in [0.2, 0.25) is 0 Å². The van der Waals surface area contributed by atoms with Crippen LogP contribution in [0.15, 0.2) is 48.5 Å². The highest BCUT2D eigenvalue weighted by molar-refractivity contribution is 6.31. The van der Waals surface area contributed by atoms with Crippen LogP contribution in [0.3, 0.4) is 0 Å². The smallest absolute Gasteiger partial charge is 0.251 e. The van der Waals surface area contributed by atoms with E-state index < -0.39 is 0 Å². The second kappa shape index (κ2) is 8.56. The molecule has 0 spiro atoms. The van der Waals surface area contributed by atoms with E-state index >= 15 is 0 Å². The quantitative estimate of drug-likeness (QED) is 0.840. The third-order valence-corrected chi connectivity index (χ3v) is 3.63. The zero-order chi connectivity index (χ0) is 16.7. The maximum absolute atomic E-state index is 12.0. The predicted molar refractivity (Wildman–Crippen MR) is 91.0 cm³/mol. The molecule has 1 N–H and O–H groups in total. The molecule has 0 saturated carbocycles. The highest BCUT2D eigenvalue weighted by Crippen LogP contribution is 2.19. The number of methoxy groups -OCH3 is 1. The van der Waals surface area contributed by atoms with Crippen molar-refractivity contribution in [1.29, 1.82) is 0 Å². The van der Waals surface area contributed by atoms with Crippen LogP contribution in [0.25, 0.3) is 0 Å². The maximum Gasteiger partial charge on any atom is 0.251 e. The molecule has 0 unspecified atom stereocenters. The lowest BCUT2D eigenvalue weighted by atomic mass is 10.2. The van der Waals surface area contributed by atoms with E-state index in [-0.39, 0.29) is 11.9 Å². The number of hydrogen-bond acceptors (Lipinski definition) is 3. The Bertz CT molecular complexity index is 643. The van der Waals surface area contributed by atoms with E-state index in [4.69, 9.17) is 21.1 Å². The average molecular weight is 334 g/mol. The topological polar surface area (TPSA) is 47.6 Å². The summed E-state index contributed by atoms with van der Waals surface area (Å²) < 4.78 is 10.7. The van der Waals surface area contributed by atoms with E-state index in [0.717, 1.165) is 5.56 Å². The van der Waals surface area contributed by atoms with Crippen LogP contribution in [0.1, 0.15) is 22.8 Å². The molecule has 0 radical (unpaired) electrons. The van der Waals surface area contributed by atoms with Crippen LogP contribution in [0.2, 0.25) is 5.02 Å². The van der Waals surface area contributed by atoms with Gasteiger partial charge in [0.05, 0.1) is 6.61 Å². The summed E-state index contributed by atoms with van der Waals surface area (Å²) in [5.41, 5.74) is 1.50. The summed E-state index contributed by atoms with van der Waals surface area (Å²) >= 11 is 6.09. The van der Waals surface area contributed by atoms with Crippen LogP contribution < -0.4 is 10.1 Å². The number of hydrogen-bond donors (Lipinski definition) is 1. The van der Waals surface area contributed by atoms with Gasteiger partial charge in [-0.05, 0) is 37.3 Å². The lowest BCUT2D eigenvalue weighted by molar-refractivity contribution is 0.0905. The number of benzene rings is 2. The fourth-order valence-electron chi connectivity index (χ4n) is 2.08. The van der Waals surface area contributed by atoms with Crippen molar-refractivity contribution in [2.24, 2.45) is 0 Å². The van der Waals surface area contributed by atoms with Crippen LogP contribution in [-0.4, -0.2) is 25.7 Å². The summed E-state index contributed by atoms with van der Waals surface area (Å²) in [6.45, 7) is 2.75. The first kappa shape index (κ1) is 17.3. The lowest BCUT2D eigenvalue weighted by Crippen LogP contribution is -2.35. The van der Waals surface area contributed by atoms with Gasteiger partial charge in [0.25, 0.3) is 5.91 Å². The van der Waals surface area contributed by atoms with Gasteiger partial charge in [-0.25, -0.2) is 0 Å². The van der Waals surface area contributed by atoms with Crippen LogP contribution in [0.4, 0.5) is 0 Å². The van der Waals surface area contributed by atoms with Crippen LogP contribution in [0.5, 0.6) is 5.75 Å². The number of rotatable bonds is 7. The second-order valence-corrected chi connectivity index (χ2v) is 5.64. The number of ether oxygens (including phenoxy) is 2. The number of carbonyl (C=O) groups is 1. The monoisotopic (exact) mass is 333 g/mol. The van der Waals surface area contributed by atoms with Gasteiger partial charge < -0.3 is 14.8 Å².